The number of carbonyl (C=O) groups is 2. The van der Waals surface area contributed by atoms with Crippen LogP contribution in [0.3, 0.4) is 0 Å². The van der Waals surface area contributed by atoms with Crippen LogP contribution in [0.25, 0.3) is 0 Å². The molecule has 0 aromatic carbocycles. The van der Waals surface area contributed by atoms with E-state index in [4.69, 9.17) is 5.73 Å². The predicted octanol–water partition coefficient (Wildman–Crippen LogP) is -2.49. The zero-order valence-electron chi connectivity index (χ0n) is 8.93. The average Bonchev–Trinajstić information content (AvgIpc) is 2.68. The van der Waals surface area contributed by atoms with Crippen molar-refractivity contribution < 1.29 is 9.59 Å². The van der Waals surface area contributed by atoms with Gasteiger partial charge >= 0.3 is 11.8 Å². The molecule has 0 saturated heterocycles. The van der Waals surface area contributed by atoms with Gasteiger partial charge in [-0.1, -0.05) is 0 Å². The highest BCUT2D eigenvalue weighted by Gasteiger charge is 2.12. The van der Waals surface area contributed by atoms with Gasteiger partial charge in [0.1, 0.15) is 6.33 Å². The van der Waals surface area contributed by atoms with Crippen LogP contribution in [0.4, 0.5) is 0 Å². The maximum absolute atomic E-state index is 11.2. The Kier molecular flexibility index (Phi) is 4.40. The van der Waals surface area contributed by atoms with Gasteiger partial charge in [0.2, 0.25) is 0 Å². The molecule has 88 valence electrons. The van der Waals surface area contributed by atoms with Crippen LogP contribution in [0, 0.1) is 0 Å². The first-order valence-electron chi connectivity index (χ1n) is 4.74. The highest BCUT2D eigenvalue weighted by atomic mass is 16.2. The van der Waals surface area contributed by atoms with Crippen molar-refractivity contribution >= 4 is 11.8 Å². The standard InChI is InChI=1S/C8H14N6O2/c1-14-5-12-6(13-14)4-11-8(16)7(15)10-3-2-9/h5H,2-4,9H2,1H3,(H,10,15)(H,11,16). The largest absolute Gasteiger partial charge is 0.347 e. The van der Waals surface area contributed by atoms with Gasteiger partial charge < -0.3 is 16.4 Å². The first kappa shape index (κ1) is 12.1. The Bertz CT molecular complexity index is 374. The van der Waals surface area contributed by atoms with Gasteiger partial charge in [0.25, 0.3) is 0 Å². The lowest BCUT2D eigenvalue weighted by atomic mass is 10.5. The van der Waals surface area contributed by atoms with Crippen LogP contribution in [0.2, 0.25) is 0 Å². The second-order valence-electron chi connectivity index (χ2n) is 3.06. The normalized spacial score (nSPS) is 9.88. The summed E-state index contributed by atoms with van der Waals surface area (Å²) in [5.74, 6) is -0.982. The number of hydrogen-bond acceptors (Lipinski definition) is 5. The lowest BCUT2D eigenvalue weighted by molar-refractivity contribution is -0.139. The summed E-state index contributed by atoms with van der Waals surface area (Å²) in [6.45, 7) is 0.685. The summed E-state index contributed by atoms with van der Waals surface area (Å²) in [6.07, 6.45) is 1.51. The molecule has 16 heavy (non-hydrogen) atoms. The number of nitrogens with one attached hydrogen (secondary N) is 2. The lowest BCUT2D eigenvalue weighted by Crippen LogP contribution is -2.41. The number of rotatable bonds is 4. The minimum absolute atomic E-state index is 0.121. The summed E-state index contributed by atoms with van der Waals surface area (Å²) < 4.78 is 1.51. The number of amides is 2. The molecule has 0 spiro atoms. The molecular weight excluding hydrogens is 212 g/mol. The molecule has 0 fully saturated rings. The molecule has 1 heterocycles. The maximum atomic E-state index is 11.2. The second kappa shape index (κ2) is 5.81. The Hall–Kier alpha value is -1.96. The fourth-order valence-corrected chi connectivity index (χ4v) is 0.971. The Labute approximate surface area is 92.2 Å². The number of carbonyl (C=O) groups excluding carboxylic acids is 2. The molecule has 1 aromatic rings. The number of hydrogen-bond donors (Lipinski definition) is 3. The van der Waals surface area contributed by atoms with Crippen molar-refractivity contribution in [2.24, 2.45) is 12.8 Å². The minimum atomic E-state index is -0.721. The van der Waals surface area contributed by atoms with Crippen LogP contribution in [0.1, 0.15) is 5.82 Å². The smallest absolute Gasteiger partial charge is 0.309 e. The van der Waals surface area contributed by atoms with Gasteiger partial charge in [-0.2, -0.15) is 5.10 Å². The third-order valence-corrected chi connectivity index (χ3v) is 1.69. The van der Waals surface area contributed by atoms with Gasteiger partial charge in [-0.25, -0.2) is 4.98 Å². The minimum Gasteiger partial charge on any atom is -0.347 e. The SMILES string of the molecule is Cn1cnc(CNC(=O)C(=O)NCCN)n1. The van der Waals surface area contributed by atoms with Gasteiger partial charge in [-0.05, 0) is 0 Å². The zero-order valence-corrected chi connectivity index (χ0v) is 8.93. The van der Waals surface area contributed by atoms with E-state index in [-0.39, 0.29) is 13.1 Å². The van der Waals surface area contributed by atoms with E-state index in [9.17, 15) is 9.59 Å². The highest BCUT2D eigenvalue weighted by molar-refractivity contribution is 6.35. The number of aryl methyl sites for hydroxylation is 1. The van der Waals surface area contributed by atoms with Gasteiger partial charge in [0.05, 0.1) is 6.54 Å². The molecule has 4 N–H and O–H groups in total. The van der Waals surface area contributed by atoms with E-state index in [0.717, 1.165) is 0 Å². The fourth-order valence-electron chi connectivity index (χ4n) is 0.971. The summed E-state index contributed by atoms with van der Waals surface area (Å²) in [5.41, 5.74) is 5.18. The summed E-state index contributed by atoms with van der Waals surface area (Å²) in [6, 6.07) is 0. The van der Waals surface area contributed by atoms with Gasteiger partial charge in [-0.3, -0.25) is 14.3 Å². The van der Waals surface area contributed by atoms with Crippen molar-refractivity contribution in [2.75, 3.05) is 13.1 Å². The molecular formula is C8H14N6O2. The Morgan fingerprint density at radius 3 is 2.69 bits per heavy atom. The van der Waals surface area contributed by atoms with Crippen molar-refractivity contribution in [3.05, 3.63) is 12.2 Å². The lowest BCUT2D eigenvalue weighted by Gasteiger charge is -2.03. The highest BCUT2D eigenvalue weighted by Crippen LogP contribution is 1.86. The molecule has 0 aliphatic rings. The van der Waals surface area contributed by atoms with Crippen molar-refractivity contribution in [2.45, 2.75) is 6.54 Å². The molecule has 8 nitrogen and oxygen atoms in total. The van der Waals surface area contributed by atoms with E-state index in [2.05, 4.69) is 20.7 Å². The van der Waals surface area contributed by atoms with Crippen molar-refractivity contribution in [3.63, 3.8) is 0 Å². The summed E-state index contributed by atoms with van der Waals surface area (Å²) >= 11 is 0. The third-order valence-electron chi connectivity index (χ3n) is 1.69. The van der Waals surface area contributed by atoms with E-state index in [0.29, 0.717) is 12.4 Å². The van der Waals surface area contributed by atoms with Crippen LogP contribution in [0.15, 0.2) is 6.33 Å². The third kappa shape index (κ3) is 3.65. The van der Waals surface area contributed by atoms with Crippen molar-refractivity contribution in [3.8, 4) is 0 Å². The fraction of sp³-hybridized carbons (Fsp3) is 0.500. The number of nitrogens with zero attached hydrogens (tertiary/aromatic N) is 3. The molecule has 8 heteroatoms. The number of nitrogens with two attached hydrogens (primary N) is 1. The molecule has 0 radical (unpaired) electrons. The molecule has 0 saturated carbocycles. The van der Waals surface area contributed by atoms with Gasteiger partial charge in [0.15, 0.2) is 5.82 Å². The Morgan fingerprint density at radius 1 is 1.44 bits per heavy atom. The van der Waals surface area contributed by atoms with Crippen LogP contribution < -0.4 is 16.4 Å². The van der Waals surface area contributed by atoms with E-state index >= 15 is 0 Å². The molecule has 0 aliphatic heterocycles. The molecule has 1 rings (SSSR count). The van der Waals surface area contributed by atoms with Crippen molar-refractivity contribution in [1.82, 2.24) is 25.4 Å². The molecule has 0 aliphatic carbocycles. The van der Waals surface area contributed by atoms with Crippen LogP contribution in [-0.2, 0) is 23.2 Å². The average molecular weight is 226 g/mol. The molecule has 1 aromatic heterocycles. The summed E-state index contributed by atoms with van der Waals surface area (Å²) in [7, 11) is 1.71. The summed E-state index contributed by atoms with van der Waals surface area (Å²) in [5, 5.41) is 8.69. The van der Waals surface area contributed by atoms with E-state index in [1.54, 1.807) is 7.05 Å². The monoisotopic (exact) mass is 226 g/mol. The first-order chi connectivity index (χ1) is 7.63. The molecule has 0 atom stereocenters. The van der Waals surface area contributed by atoms with Crippen LogP contribution in [0.5, 0.6) is 0 Å². The Morgan fingerprint density at radius 2 is 2.12 bits per heavy atom. The molecule has 2 amide bonds. The van der Waals surface area contributed by atoms with Crippen LogP contribution in [-0.4, -0.2) is 39.7 Å². The zero-order chi connectivity index (χ0) is 12.0. The van der Waals surface area contributed by atoms with Gasteiger partial charge in [0, 0.05) is 20.1 Å². The quantitative estimate of drug-likeness (QED) is 0.491. The number of aromatic nitrogens is 3. The first-order valence-corrected chi connectivity index (χ1v) is 4.74. The van der Waals surface area contributed by atoms with Crippen molar-refractivity contribution in [1.29, 1.82) is 0 Å². The molecule has 0 unspecified atom stereocenters. The topological polar surface area (TPSA) is 115 Å². The van der Waals surface area contributed by atoms with Crippen LogP contribution >= 0.6 is 0 Å². The van der Waals surface area contributed by atoms with E-state index < -0.39 is 11.8 Å². The Balaban J connectivity index is 2.32. The van der Waals surface area contributed by atoms with Gasteiger partial charge in [-0.15, -0.1) is 0 Å². The van der Waals surface area contributed by atoms with E-state index in [1.165, 1.54) is 11.0 Å². The predicted molar refractivity (Wildman–Crippen MR) is 54.9 cm³/mol. The second-order valence-corrected chi connectivity index (χ2v) is 3.06. The maximum Gasteiger partial charge on any atom is 0.309 e. The summed E-state index contributed by atoms with van der Waals surface area (Å²) in [4.78, 5) is 26.2. The molecule has 0 bridgehead atoms. The van der Waals surface area contributed by atoms with E-state index in [1.807, 2.05) is 0 Å².